The predicted molar refractivity (Wildman–Crippen MR) is 96.5 cm³/mol. The molecule has 1 fully saturated rings. The maximum absolute atomic E-state index is 12.7. The number of fused-ring (bicyclic) bond motifs is 1. The Morgan fingerprint density at radius 1 is 1.27 bits per heavy atom. The maximum atomic E-state index is 12.7. The Morgan fingerprint density at radius 3 is 2.85 bits per heavy atom. The van der Waals surface area contributed by atoms with Crippen molar-refractivity contribution >= 4 is 11.9 Å². The molecule has 0 N–H and O–H groups in total. The average molecular weight is 361 g/mol. The van der Waals surface area contributed by atoms with E-state index < -0.39 is 17.7 Å². The topological polar surface area (TPSA) is 65.1 Å². The summed E-state index contributed by atoms with van der Waals surface area (Å²) in [5.74, 6) is 0.948. The lowest BCUT2D eigenvalue weighted by Crippen LogP contribution is -2.53. The summed E-state index contributed by atoms with van der Waals surface area (Å²) in [6.07, 6.45) is 1.48. The Hall–Kier alpha value is -2.08. The van der Waals surface area contributed by atoms with E-state index in [2.05, 4.69) is 6.07 Å². The summed E-state index contributed by atoms with van der Waals surface area (Å²) in [4.78, 5) is 26.7. The number of morpholine rings is 1. The van der Waals surface area contributed by atoms with Gasteiger partial charge >= 0.3 is 6.09 Å². The molecule has 1 amide bonds. The van der Waals surface area contributed by atoms with Crippen molar-refractivity contribution in [3.8, 4) is 5.75 Å². The number of rotatable bonds is 4. The summed E-state index contributed by atoms with van der Waals surface area (Å²) >= 11 is 0. The highest BCUT2D eigenvalue weighted by molar-refractivity contribution is 5.88. The lowest BCUT2D eigenvalue weighted by Gasteiger charge is -2.35. The van der Waals surface area contributed by atoms with E-state index in [9.17, 15) is 9.59 Å². The van der Waals surface area contributed by atoms with Crippen LogP contribution in [-0.2, 0) is 27.1 Å². The first-order chi connectivity index (χ1) is 12.3. The van der Waals surface area contributed by atoms with Crippen molar-refractivity contribution in [3.63, 3.8) is 0 Å². The standard InChI is InChI=1S/C20H27NO5/c1-20(2,3)26-19(23)21-9-11-24-13-16(21)17(22)6-4-14-5-7-18-15(12-14)8-10-25-18/h5,7,12,16H,4,6,8-11,13H2,1-3H3. The summed E-state index contributed by atoms with van der Waals surface area (Å²) in [6.45, 7) is 7.21. The summed E-state index contributed by atoms with van der Waals surface area (Å²) in [6, 6.07) is 5.51. The fraction of sp³-hybridized carbons (Fsp3) is 0.600. The largest absolute Gasteiger partial charge is 0.493 e. The normalized spacial score (nSPS) is 19.7. The molecule has 3 rings (SSSR count). The van der Waals surface area contributed by atoms with Gasteiger partial charge in [-0.15, -0.1) is 0 Å². The van der Waals surface area contributed by atoms with Gasteiger partial charge in [-0.2, -0.15) is 0 Å². The van der Waals surface area contributed by atoms with Crippen LogP contribution in [0.2, 0.25) is 0 Å². The van der Waals surface area contributed by atoms with Crippen LogP contribution in [0.3, 0.4) is 0 Å². The second kappa shape index (κ2) is 7.66. The monoisotopic (exact) mass is 361 g/mol. The van der Waals surface area contributed by atoms with Crippen molar-refractivity contribution in [2.75, 3.05) is 26.4 Å². The van der Waals surface area contributed by atoms with Gasteiger partial charge in [0.2, 0.25) is 0 Å². The van der Waals surface area contributed by atoms with Gasteiger partial charge in [0.15, 0.2) is 5.78 Å². The number of nitrogens with zero attached hydrogens (tertiary/aromatic N) is 1. The summed E-state index contributed by atoms with van der Waals surface area (Å²) in [5, 5.41) is 0. The molecule has 1 aromatic carbocycles. The van der Waals surface area contributed by atoms with Crippen LogP contribution in [0.4, 0.5) is 4.79 Å². The van der Waals surface area contributed by atoms with E-state index in [1.807, 2.05) is 32.9 Å². The first-order valence-corrected chi connectivity index (χ1v) is 9.18. The van der Waals surface area contributed by atoms with Gasteiger partial charge in [0.1, 0.15) is 17.4 Å². The zero-order valence-electron chi connectivity index (χ0n) is 15.7. The van der Waals surface area contributed by atoms with E-state index in [0.29, 0.717) is 26.0 Å². The van der Waals surface area contributed by atoms with Crippen molar-refractivity contribution in [2.24, 2.45) is 0 Å². The molecule has 26 heavy (non-hydrogen) atoms. The first-order valence-electron chi connectivity index (χ1n) is 9.18. The lowest BCUT2D eigenvalue weighted by atomic mass is 10.00. The molecule has 0 bridgehead atoms. The SMILES string of the molecule is CC(C)(C)OC(=O)N1CCOCC1C(=O)CCc1ccc2c(c1)CCO2. The molecular weight excluding hydrogens is 334 g/mol. The third-order valence-corrected chi connectivity index (χ3v) is 4.54. The van der Waals surface area contributed by atoms with Crippen molar-refractivity contribution in [2.45, 2.75) is 51.7 Å². The van der Waals surface area contributed by atoms with Crippen molar-refractivity contribution in [1.29, 1.82) is 0 Å². The van der Waals surface area contributed by atoms with E-state index in [1.165, 1.54) is 10.5 Å². The highest BCUT2D eigenvalue weighted by Crippen LogP contribution is 2.26. The van der Waals surface area contributed by atoms with Crippen LogP contribution in [0, 0.1) is 0 Å². The molecule has 2 aliphatic rings. The van der Waals surface area contributed by atoms with Crippen LogP contribution in [0.15, 0.2) is 18.2 Å². The van der Waals surface area contributed by atoms with Crippen LogP contribution in [0.1, 0.15) is 38.3 Å². The fourth-order valence-corrected chi connectivity index (χ4v) is 3.24. The van der Waals surface area contributed by atoms with Crippen molar-refractivity contribution < 1.29 is 23.8 Å². The van der Waals surface area contributed by atoms with E-state index >= 15 is 0 Å². The second-order valence-electron chi connectivity index (χ2n) is 7.77. The highest BCUT2D eigenvalue weighted by Gasteiger charge is 2.35. The molecule has 2 heterocycles. The lowest BCUT2D eigenvalue weighted by molar-refractivity contribution is -0.130. The number of carbonyl (C=O) groups is 2. The fourth-order valence-electron chi connectivity index (χ4n) is 3.24. The Kier molecular flexibility index (Phi) is 5.51. The van der Waals surface area contributed by atoms with Crippen LogP contribution < -0.4 is 4.74 Å². The molecule has 1 aromatic rings. The molecule has 6 nitrogen and oxygen atoms in total. The summed E-state index contributed by atoms with van der Waals surface area (Å²) in [5.41, 5.74) is 1.73. The number of hydrogen-bond acceptors (Lipinski definition) is 5. The molecule has 1 atom stereocenters. The summed E-state index contributed by atoms with van der Waals surface area (Å²) < 4.78 is 16.4. The predicted octanol–water partition coefficient (Wildman–Crippen LogP) is 2.76. The van der Waals surface area contributed by atoms with Crippen molar-refractivity contribution in [1.82, 2.24) is 4.90 Å². The van der Waals surface area contributed by atoms with Crippen LogP contribution in [-0.4, -0.2) is 54.8 Å². The molecule has 142 valence electrons. The zero-order valence-corrected chi connectivity index (χ0v) is 15.7. The number of benzene rings is 1. The number of ketones is 1. The number of carbonyl (C=O) groups excluding carboxylic acids is 2. The van der Waals surface area contributed by atoms with Gasteiger partial charge in [0.25, 0.3) is 0 Å². The van der Waals surface area contributed by atoms with Gasteiger partial charge in [-0.25, -0.2) is 4.79 Å². The van der Waals surface area contributed by atoms with Crippen LogP contribution in [0.5, 0.6) is 5.75 Å². The molecule has 1 unspecified atom stereocenters. The third kappa shape index (κ3) is 4.55. The minimum Gasteiger partial charge on any atom is -0.493 e. The Labute approximate surface area is 154 Å². The molecule has 0 saturated carbocycles. The van der Waals surface area contributed by atoms with E-state index in [0.717, 1.165) is 24.3 Å². The van der Waals surface area contributed by atoms with Crippen LogP contribution in [0.25, 0.3) is 0 Å². The van der Waals surface area contributed by atoms with Gasteiger partial charge in [-0.1, -0.05) is 12.1 Å². The van der Waals surface area contributed by atoms with E-state index in [-0.39, 0.29) is 12.4 Å². The number of ether oxygens (including phenoxy) is 3. The molecule has 1 saturated heterocycles. The summed E-state index contributed by atoms with van der Waals surface area (Å²) in [7, 11) is 0. The Balaban J connectivity index is 1.60. The minimum atomic E-state index is -0.588. The first kappa shape index (κ1) is 18.7. The smallest absolute Gasteiger partial charge is 0.411 e. The minimum absolute atomic E-state index is 0.00677. The molecule has 2 aliphatic heterocycles. The average Bonchev–Trinajstić information content (AvgIpc) is 3.06. The van der Waals surface area contributed by atoms with Gasteiger partial charge in [0.05, 0.1) is 19.8 Å². The highest BCUT2D eigenvalue weighted by atomic mass is 16.6. The van der Waals surface area contributed by atoms with Gasteiger partial charge in [-0.05, 0) is 44.4 Å². The quantitative estimate of drug-likeness (QED) is 0.825. The molecule has 0 aliphatic carbocycles. The van der Waals surface area contributed by atoms with Gasteiger partial charge in [-0.3, -0.25) is 9.69 Å². The Bertz CT molecular complexity index is 679. The molecular formula is C20H27NO5. The van der Waals surface area contributed by atoms with Crippen molar-refractivity contribution in [3.05, 3.63) is 29.3 Å². The third-order valence-electron chi connectivity index (χ3n) is 4.54. The van der Waals surface area contributed by atoms with E-state index in [1.54, 1.807) is 0 Å². The van der Waals surface area contributed by atoms with Crippen LogP contribution >= 0.6 is 0 Å². The van der Waals surface area contributed by atoms with E-state index in [4.69, 9.17) is 14.2 Å². The maximum Gasteiger partial charge on any atom is 0.411 e. The number of Topliss-reactive ketones (excluding diaryl/α,β-unsaturated/α-hetero) is 1. The van der Waals surface area contributed by atoms with Gasteiger partial charge in [0, 0.05) is 19.4 Å². The number of aryl methyl sites for hydroxylation is 1. The molecule has 6 heteroatoms. The molecule has 0 aromatic heterocycles. The molecule has 0 spiro atoms. The number of hydrogen-bond donors (Lipinski definition) is 0. The Morgan fingerprint density at radius 2 is 2.08 bits per heavy atom. The second-order valence-corrected chi connectivity index (χ2v) is 7.77. The molecule has 0 radical (unpaired) electrons. The number of amides is 1. The van der Waals surface area contributed by atoms with Gasteiger partial charge < -0.3 is 14.2 Å². The zero-order chi connectivity index (χ0) is 18.7.